The van der Waals surface area contributed by atoms with Crippen LogP contribution >= 0.6 is 0 Å². The van der Waals surface area contributed by atoms with Crippen LogP contribution in [0.3, 0.4) is 0 Å². The van der Waals surface area contributed by atoms with E-state index >= 15 is 0 Å². The van der Waals surface area contributed by atoms with Gasteiger partial charge in [-0.15, -0.1) is 0 Å². The number of benzene rings is 1. The van der Waals surface area contributed by atoms with Gasteiger partial charge in [0.1, 0.15) is 0 Å². The normalized spacial score (nSPS) is 16.3. The number of nitrogens with one attached hydrogen (secondary N) is 1. The molecule has 0 heterocycles. The van der Waals surface area contributed by atoms with Gasteiger partial charge < -0.3 is 10.4 Å². The fourth-order valence-corrected chi connectivity index (χ4v) is 2.40. The fourth-order valence-electron chi connectivity index (χ4n) is 2.40. The lowest BCUT2D eigenvalue weighted by Crippen LogP contribution is -2.37. The molecule has 1 aliphatic carbocycles. The molecule has 21 heavy (non-hydrogen) atoms. The van der Waals surface area contributed by atoms with Gasteiger partial charge in [-0.05, 0) is 45.1 Å². The van der Waals surface area contributed by atoms with E-state index in [4.69, 9.17) is 5.11 Å². The molecule has 0 bridgehead atoms. The number of aliphatic carboxylic acids is 1. The summed E-state index contributed by atoms with van der Waals surface area (Å²) < 4.78 is 0. The van der Waals surface area contributed by atoms with Gasteiger partial charge in [0.2, 0.25) is 5.91 Å². The van der Waals surface area contributed by atoms with Gasteiger partial charge in [0.25, 0.3) is 0 Å². The Kier molecular flexibility index (Phi) is 4.35. The maximum Gasteiger partial charge on any atom is 0.309 e. The first-order valence-electron chi connectivity index (χ1n) is 7.41. The van der Waals surface area contributed by atoms with Crippen LogP contribution in [-0.4, -0.2) is 23.5 Å². The van der Waals surface area contributed by atoms with Gasteiger partial charge in [0.05, 0.1) is 10.8 Å². The third-order valence-electron chi connectivity index (χ3n) is 4.34. The van der Waals surface area contributed by atoms with Crippen LogP contribution in [0.4, 0.5) is 0 Å². The average Bonchev–Trinajstić information content (AvgIpc) is 3.20. The molecule has 0 aliphatic heterocycles. The van der Waals surface area contributed by atoms with Gasteiger partial charge in [-0.3, -0.25) is 9.59 Å². The van der Waals surface area contributed by atoms with Crippen molar-refractivity contribution in [2.24, 2.45) is 10.8 Å². The smallest absolute Gasteiger partial charge is 0.309 e. The summed E-state index contributed by atoms with van der Waals surface area (Å²) in [7, 11) is 0. The van der Waals surface area contributed by atoms with Crippen molar-refractivity contribution in [3.63, 3.8) is 0 Å². The number of carbonyl (C=O) groups is 2. The second kappa shape index (κ2) is 5.88. The van der Waals surface area contributed by atoms with E-state index < -0.39 is 11.4 Å². The third kappa shape index (κ3) is 3.84. The van der Waals surface area contributed by atoms with Crippen LogP contribution in [0.2, 0.25) is 0 Å². The molecule has 1 aromatic carbocycles. The molecule has 1 aromatic rings. The Bertz CT molecular complexity index is 518. The molecule has 2 N–H and O–H groups in total. The Balaban J connectivity index is 1.85. The van der Waals surface area contributed by atoms with E-state index in [1.165, 1.54) is 5.56 Å². The summed E-state index contributed by atoms with van der Waals surface area (Å²) in [6.07, 6.45) is 3.03. The van der Waals surface area contributed by atoms with Gasteiger partial charge in [0, 0.05) is 6.54 Å². The number of amides is 1. The number of carboxylic acid groups (broad SMARTS) is 1. The van der Waals surface area contributed by atoms with E-state index in [-0.39, 0.29) is 11.3 Å². The van der Waals surface area contributed by atoms with Gasteiger partial charge in [-0.25, -0.2) is 0 Å². The summed E-state index contributed by atoms with van der Waals surface area (Å²) in [4.78, 5) is 23.4. The molecule has 1 aliphatic rings. The van der Waals surface area contributed by atoms with Crippen molar-refractivity contribution in [3.8, 4) is 0 Å². The van der Waals surface area contributed by atoms with Crippen LogP contribution in [0.15, 0.2) is 30.3 Å². The Morgan fingerprint density at radius 1 is 1.24 bits per heavy atom. The first kappa shape index (κ1) is 15.5. The van der Waals surface area contributed by atoms with Gasteiger partial charge in [-0.2, -0.15) is 0 Å². The zero-order valence-electron chi connectivity index (χ0n) is 12.7. The predicted octanol–water partition coefficient (Wildman–Crippen LogP) is 2.63. The van der Waals surface area contributed by atoms with Crippen molar-refractivity contribution in [2.45, 2.75) is 39.5 Å². The molecule has 4 nitrogen and oxygen atoms in total. The zero-order valence-corrected chi connectivity index (χ0v) is 12.7. The van der Waals surface area contributed by atoms with Crippen LogP contribution < -0.4 is 5.32 Å². The molecule has 0 aromatic heterocycles. The Labute approximate surface area is 125 Å². The Hall–Kier alpha value is -1.84. The molecule has 114 valence electrons. The molecule has 4 heteroatoms. The standard InChI is InChI=1S/C17H23NO3/c1-16(2,15(20)21)10-11-18-14(19)17(8-9-17)12-13-6-4-3-5-7-13/h3-7H,8-12H2,1-2H3,(H,18,19)(H,20,21). The second-order valence-electron chi connectivity index (χ2n) is 6.64. The summed E-state index contributed by atoms with van der Waals surface area (Å²) in [5.74, 6) is -0.769. The average molecular weight is 289 g/mol. The van der Waals surface area contributed by atoms with Crippen LogP contribution in [-0.2, 0) is 16.0 Å². The van der Waals surface area contributed by atoms with Crippen molar-refractivity contribution < 1.29 is 14.7 Å². The highest BCUT2D eigenvalue weighted by Gasteiger charge is 2.49. The Morgan fingerprint density at radius 2 is 1.86 bits per heavy atom. The number of hydrogen-bond acceptors (Lipinski definition) is 2. The minimum atomic E-state index is -0.831. The third-order valence-corrected chi connectivity index (χ3v) is 4.34. The number of carbonyl (C=O) groups excluding carboxylic acids is 1. The van der Waals surface area contributed by atoms with E-state index in [0.717, 1.165) is 19.3 Å². The molecule has 0 saturated heterocycles. The minimum Gasteiger partial charge on any atom is -0.481 e. The summed E-state index contributed by atoms with van der Waals surface area (Å²) in [5, 5.41) is 12.0. The van der Waals surface area contributed by atoms with Crippen LogP contribution in [0, 0.1) is 10.8 Å². The predicted molar refractivity (Wildman–Crippen MR) is 80.9 cm³/mol. The minimum absolute atomic E-state index is 0.0625. The van der Waals surface area contributed by atoms with Crippen molar-refractivity contribution >= 4 is 11.9 Å². The molecule has 2 rings (SSSR count). The van der Waals surface area contributed by atoms with E-state index in [1.807, 2.05) is 30.3 Å². The number of carboxylic acids is 1. The summed E-state index contributed by atoms with van der Waals surface area (Å²) in [5.41, 5.74) is 0.106. The maximum absolute atomic E-state index is 12.3. The molecule has 0 atom stereocenters. The summed E-state index contributed by atoms with van der Waals surface area (Å²) >= 11 is 0. The molecule has 0 radical (unpaired) electrons. The van der Waals surface area contributed by atoms with Gasteiger partial charge >= 0.3 is 5.97 Å². The van der Waals surface area contributed by atoms with Crippen molar-refractivity contribution in [2.75, 3.05) is 6.54 Å². The van der Waals surface area contributed by atoms with Crippen LogP contribution in [0.5, 0.6) is 0 Å². The van der Waals surface area contributed by atoms with Crippen LogP contribution in [0.25, 0.3) is 0 Å². The molecule has 1 saturated carbocycles. The highest BCUT2D eigenvalue weighted by atomic mass is 16.4. The molecular formula is C17H23NO3. The molecule has 1 amide bonds. The first-order chi connectivity index (χ1) is 9.86. The lowest BCUT2D eigenvalue weighted by atomic mass is 9.89. The first-order valence-corrected chi connectivity index (χ1v) is 7.41. The molecule has 0 spiro atoms. The largest absolute Gasteiger partial charge is 0.481 e. The van der Waals surface area contributed by atoms with E-state index in [9.17, 15) is 9.59 Å². The van der Waals surface area contributed by atoms with E-state index in [0.29, 0.717) is 13.0 Å². The zero-order chi connectivity index (χ0) is 15.5. The number of rotatable bonds is 7. The second-order valence-corrected chi connectivity index (χ2v) is 6.64. The highest BCUT2D eigenvalue weighted by Crippen LogP contribution is 2.48. The maximum atomic E-state index is 12.3. The Morgan fingerprint density at radius 3 is 2.38 bits per heavy atom. The molecule has 1 fully saturated rings. The topological polar surface area (TPSA) is 66.4 Å². The fraction of sp³-hybridized carbons (Fsp3) is 0.529. The van der Waals surface area contributed by atoms with Crippen molar-refractivity contribution in [1.82, 2.24) is 5.32 Å². The van der Waals surface area contributed by atoms with Crippen molar-refractivity contribution in [3.05, 3.63) is 35.9 Å². The summed E-state index contributed by atoms with van der Waals surface area (Å²) in [6, 6.07) is 10.0. The highest BCUT2D eigenvalue weighted by molar-refractivity contribution is 5.85. The van der Waals surface area contributed by atoms with Crippen molar-refractivity contribution in [1.29, 1.82) is 0 Å². The molecule has 0 unspecified atom stereocenters. The number of hydrogen-bond donors (Lipinski definition) is 2. The van der Waals surface area contributed by atoms with Gasteiger partial charge in [-0.1, -0.05) is 30.3 Å². The lowest BCUT2D eigenvalue weighted by molar-refractivity contribution is -0.147. The van der Waals surface area contributed by atoms with E-state index in [1.54, 1.807) is 13.8 Å². The van der Waals surface area contributed by atoms with Crippen LogP contribution in [0.1, 0.15) is 38.7 Å². The van der Waals surface area contributed by atoms with E-state index in [2.05, 4.69) is 5.32 Å². The summed E-state index contributed by atoms with van der Waals surface area (Å²) in [6.45, 7) is 3.77. The lowest BCUT2D eigenvalue weighted by Gasteiger charge is -2.20. The quantitative estimate of drug-likeness (QED) is 0.811. The molecular weight excluding hydrogens is 266 g/mol. The van der Waals surface area contributed by atoms with Gasteiger partial charge in [0.15, 0.2) is 0 Å². The SMILES string of the molecule is CC(C)(CCNC(=O)C1(Cc2ccccc2)CC1)C(=O)O. The monoisotopic (exact) mass is 289 g/mol.